The average molecular weight is 239 g/mol. The van der Waals surface area contributed by atoms with Crippen LogP contribution in [0.1, 0.15) is 36.0 Å². The van der Waals surface area contributed by atoms with Crippen LogP contribution < -0.4 is 4.74 Å². The summed E-state index contributed by atoms with van der Waals surface area (Å²) in [5, 5.41) is 0.581. The number of hydrogen-bond donors (Lipinski definition) is 0. The molecule has 0 heterocycles. The van der Waals surface area contributed by atoms with Crippen LogP contribution in [0.4, 0.5) is 0 Å². The maximum Gasteiger partial charge on any atom is 0.166 e. The number of carbonyl (C=O) groups excluding carboxylic acids is 1. The van der Waals surface area contributed by atoms with Gasteiger partial charge in [0, 0.05) is 11.4 Å². The molecule has 2 nitrogen and oxygen atoms in total. The summed E-state index contributed by atoms with van der Waals surface area (Å²) in [6.07, 6.45) is 4.23. The molecule has 1 saturated carbocycles. The maximum atomic E-state index is 12.0. The molecule has 3 heteroatoms. The third-order valence-electron chi connectivity index (χ3n) is 3.16. The summed E-state index contributed by atoms with van der Waals surface area (Å²) in [6.45, 7) is 0. The van der Waals surface area contributed by atoms with E-state index in [4.69, 9.17) is 16.3 Å². The van der Waals surface area contributed by atoms with Crippen LogP contribution in [-0.4, -0.2) is 12.9 Å². The fraction of sp³-hybridized carbons (Fsp3) is 0.462. The van der Waals surface area contributed by atoms with Crippen molar-refractivity contribution >= 4 is 17.4 Å². The minimum absolute atomic E-state index is 0.143. The molecule has 0 aromatic heterocycles. The van der Waals surface area contributed by atoms with Gasteiger partial charge in [0.1, 0.15) is 5.75 Å². The summed E-state index contributed by atoms with van der Waals surface area (Å²) in [4.78, 5) is 12.0. The molecule has 0 amide bonds. The van der Waals surface area contributed by atoms with E-state index in [1.807, 2.05) is 0 Å². The van der Waals surface area contributed by atoms with Crippen molar-refractivity contribution in [3.8, 4) is 5.75 Å². The summed E-state index contributed by atoms with van der Waals surface area (Å²) < 4.78 is 5.18. The fourth-order valence-corrected chi connectivity index (χ4v) is 2.14. The summed E-state index contributed by atoms with van der Waals surface area (Å²) in [5.74, 6) is 1.33. The second-order valence-corrected chi connectivity index (χ2v) is 4.71. The number of Topliss-reactive ketones (excluding diaryl/α,β-unsaturated/α-hetero) is 1. The second kappa shape index (κ2) is 4.88. The molecule has 0 N–H and O–H groups in total. The van der Waals surface area contributed by atoms with Crippen LogP contribution in [0.15, 0.2) is 18.2 Å². The lowest BCUT2D eigenvalue weighted by Crippen LogP contribution is -2.16. The predicted octanol–water partition coefficient (Wildman–Crippen LogP) is 3.72. The fourth-order valence-electron chi connectivity index (χ4n) is 1.97. The number of ketones is 1. The van der Waals surface area contributed by atoms with Crippen molar-refractivity contribution in [2.45, 2.75) is 25.7 Å². The average Bonchev–Trinajstić information content (AvgIpc) is 2.23. The molecular weight excluding hydrogens is 224 g/mol. The van der Waals surface area contributed by atoms with Gasteiger partial charge in [-0.1, -0.05) is 30.9 Å². The Balaban J connectivity index is 2.16. The van der Waals surface area contributed by atoms with Crippen LogP contribution in [0.3, 0.4) is 0 Å². The highest BCUT2D eigenvalue weighted by molar-refractivity contribution is 6.31. The van der Waals surface area contributed by atoms with E-state index in [9.17, 15) is 4.79 Å². The van der Waals surface area contributed by atoms with Gasteiger partial charge >= 0.3 is 0 Å². The molecule has 16 heavy (non-hydrogen) atoms. The van der Waals surface area contributed by atoms with Gasteiger partial charge in [0.25, 0.3) is 0 Å². The summed E-state index contributed by atoms with van der Waals surface area (Å²) in [5.41, 5.74) is 0.613. The first-order valence-electron chi connectivity index (χ1n) is 5.57. The van der Waals surface area contributed by atoms with Crippen LogP contribution in [0.2, 0.25) is 5.02 Å². The quantitative estimate of drug-likeness (QED) is 0.748. The van der Waals surface area contributed by atoms with Crippen molar-refractivity contribution < 1.29 is 9.53 Å². The van der Waals surface area contributed by atoms with E-state index in [2.05, 4.69) is 0 Å². The molecule has 1 aliphatic rings. The first-order chi connectivity index (χ1) is 7.70. The van der Waals surface area contributed by atoms with Crippen LogP contribution in [0.5, 0.6) is 5.75 Å². The zero-order valence-electron chi connectivity index (χ0n) is 9.33. The summed E-state index contributed by atoms with van der Waals surface area (Å²) in [7, 11) is 1.57. The van der Waals surface area contributed by atoms with Crippen LogP contribution >= 0.6 is 11.6 Å². The summed E-state index contributed by atoms with van der Waals surface area (Å²) >= 11 is 5.89. The normalized spacial score (nSPS) is 15.6. The highest BCUT2D eigenvalue weighted by Crippen LogP contribution is 2.32. The lowest BCUT2D eigenvalue weighted by Gasteiger charge is -2.24. The highest BCUT2D eigenvalue weighted by Gasteiger charge is 2.23. The first-order valence-corrected chi connectivity index (χ1v) is 5.95. The number of methoxy groups -OCH3 is 1. The SMILES string of the molecule is COc1ccc(Cl)cc1C(=O)CC1CCC1. The predicted molar refractivity (Wildman–Crippen MR) is 64.3 cm³/mol. The van der Waals surface area contributed by atoms with Crippen molar-refractivity contribution in [1.82, 2.24) is 0 Å². The monoisotopic (exact) mass is 238 g/mol. The Bertz CT molecular complexity index is 397. The van der Waals surface area contributed by atoms with Gasteiger partial charge in [0.05, 0.1) is 12.7 Å². The number of hydrogen-bond acceptors (Lipinski definition) is 2. The Morgan fingerprint density at radius 1 is 1.50 bits per heavy atom. The molecule has 0 bridgehead atoms. The molecule has 1 aromatic carbocycles. The maximum absolute atomic E-state index is 12.0. The Kier molecular flexibility index (Phi) is 3.49. The second-order valence-electron chi connectivity index (χ2n) is 4.27. The minimum Gasteiger partial charge on any atom is -0.496 e. The van der Waals surface area contributed by atoms with Crippen molar-refractivity contribution in [2.24, 2.45) is 5.92 Å². The Labute approximate surface area is 101 Å². The van der Waals surface area contributed by atoms with Crippen molar-refractivity contribution in [1.29, 1.82) is 0 Å². The van der Waals surface area contributed by atoms with E-state index in [1.54, 1.807) is 25.3 Å². The van der Waals surface area contributed by atoms with E-state index in [-0.39, 0.29) is 5.78 Å². The largest absolute Gasteiger partial charge is 0.496 e. The third kappa shape index (κ3) is 2.38. The van der Waals surface area contributed by atoms with Gasteiger partial charge in [0.2, 0.25) is 0 Å². The van der Waals surface area contributed by atoms with E-state index >= 15 is 0 Å². The van der Waals surface area contributed by atoms with Crippen molar-refractivity contribution in [3.05, 3.63) is 28.8 Å². The lowest BCUT2D eigenvalue weighted by atomic mass is 9.81. The molecule has 0 radical (unpaired) electrons. The van der Waals surface area contributed by atoms with Gasteiger partial charge in [-0.05, 0) is 24.1 Å². The molecule has 0 unspecified atom stereocenters. The van der Waals surface area contributed by atoms with Crippen molar-refractivity contribution in [3.63, 3.8) is 0 Å². The minimum atomic E-state index is 0.143. The topological polar surface area (TPSA) is 26.3 Å². The molecule has 1 aliphatic carbocycles. The van der Waals surface area contributed by atoms with Crippen LogP contribution in [0.25, 0.3) is 0 Å². The van der Waals surface area contributed by atoms with Gasteiger partial charge < -0.3 is 4.74 Å². The Morgan fingerprint density at radius 3 is 2.81 bits per heavy atom. The first kappa shape index (κ1) is 11.5. The highest BCUT2D eigenvalue weighted by atomic mass is 35.5. The molecule has 0 spiro atoms. The van der Waals surface area contributed by atoms with Crippen LogP contribution in [0, 0.1) is 5.92 Å². The van der Waals surface area contributed by atoms with E-state index in [0.717, 1.165) is 0 Å². The molecule has 0 saturated heterocycles. The molecule has 0 atom stereocenters. The van der Waals surface area contributed by atoms with Crippen molar-refractivity contribution in [2.75, 3.05) is 7.11 Å². The number of ether oxygens (including phenoxy) is 1. The van der Waals surface area contributed by atoms with E-state index in [0.29, 0.717) is 28.7 Å². The zero-order chi connectivity index (χ0) is 11.5. The molecular formula is C13H15ClO2. The lowest BCUT2D eigenvalue weighted by molar-refractivity contribution is 0.0933. The van der Waals surface area contributed by atoms with Gasteiger partial charge in [-0.3, -0.25) is 4.79 Å². The van der Waals surface area contributed by atoms with Gasteiger partial charge in [0.15, 0.2) is 5.78 Å². The van der Waals surface area contributed by atoms with Crippen LogP contribution in [-0.2, 0) is 0 Å². The molecule has 2 rings (SSSR count). The third-order valence-corrected chi connectivity index (χ3v) is 3.40. The number of carbonyl (C=O) groups is 1. The smallest absolute Gasteiger partial charge is 0.166 e. The molecule has 86 valence electrons. The number of benzene rings is 1. The summed E-state index contributed by atoms with van der Waals surface area (Å²) in [6, 6.07) is 5.18. The molecule has 1 fully saturated rings. The number of halogens is 1. The zero-order valence-corrected chi connectivity index (χ0v) is 10.1. The Morgan fingerprint density at radius 2 is 2.25 bits per heavy atom. The van der Waals surface area contributed by atoms with E-state index in [1.165, 1.54) is 19.3 Å². The van der Waals surface area contributed by atoms with Gasteiger partial charge in [-0.15, -0.1) is 0 Å². The Hall–Kier alpha value is -1.02. The number of rotatable bonds is 4. The van der Waals surface area contributed by atoms with Gasteiger partial charge in [-0.2, -0.15) is 0 Å². The van der Waals surface area contributed by atoms with E-state index < -0.39 is 0 Å². The molecule has 0 aliphatic heterocycles. The molecule has 1 aromatic rings. The standard InChI is InChI=1S/C13H15ClO2/c1-16-13-6-5-10(14)8-11(13)12(15)7-9-3-2-4-9/h5-6,8-9H,2-4,7H2,1H3. The van der Waals surface area contributed by atoms with Gasteiger partial charge in [-0.25, -0.2) is 0 Å².